The Morgan fingerprint density at radius 2 is 2.22 bits per heavy atom. The molecule has 9 heteroatoms. The first-order valence-electron chi connectivity index (χ1n) is 7.07. The zero-order valence-corrected chi connectivity index (χ0v) is 13.7. The van der Waals surface area contributed by atoms with Gasteiger partial charge in [-0.05, 0) is 6.07 Å². The Bertz CT molecular complexity index is 551. The number of fused-ring (bicyclic) bond motifs is 3. The summed E-state index contributed by atoms with van der Waals surface area (Å²) < 4.78 is 48.4. The number of nitrogens with zero attached hydrogens (tertiary/aromatic N) is 1. The van der Waals surface area contributed by atoms with Gasteiger partial charge in [0.05, 0.1) is 17.3 Å². The molecular formula is C14H17Cl2F3N2O2. The quantitative estimate of drug-likeness (QED) is 0.883. The second kappa shape index (κ2) is 7.79. The summed E-state index contributed by atoms with van der Waals surface area (Å²) in [5.74, 6) is -0.123. The molecular weight excluding hydrogens is 356 g/mol. The molecule has 0 saturated carbocycles. The number of ether oxygens (including phenoxy) is 2. The molecule has 1 aromatic rings. The van der Waals surface area contributed by atoms with Gasteiger partial charge in [0.1, 0.15) is 11.9 Å². The maximum atomic E-state index is 13.7. The van der Waals surface area contributed by atoms with Crippen LogP contribution in [0.1, 0.15) is 6.42 Å². The summed E-state index contributed by atoms with van der Waals surface area (Å²) >= 11 is 6.08. The summed E-state index contributed by atoms with van der Waals surface area (Å²) in [5, 5.41) is 3.38. The third kappa shape index (κ3) is 4.15. The average Bonchev–Trinajstić information content (AvgIpc) is 2.62. The van der Waals surface area contributed by atoms with Gasteiger partial charge in [-0.15, -0.1) is 12.4 Å². The third-order valence-corrected chi connectivity index (χ3v) is 4.16. The van der Waals surface area contributed by atoms with E-state index in [1.54, 1.807) is 0 Å². The van der Waals surface area contributed by atoms with Crippen molar-refractivity contribution >= 4 is 29.7 Å². The number of halogens is 5. The molecule has 2 aliphatic heterocycles. The minimum Gasteiger partial charge on any atom is -0.484 e. The van der Waals surface area contributed by atoms with Crippen LogP contribution in [0.15, 0.2) is 12.1 Å². The van der Waals surface area contributed by atoms with Gasteiger partial charge in [-0.3, -0.25) is 0 Å². The van der Waals surface area contributed by atoms with Crippen molar-refractivity contribution in [2.45, 2.75) is 25.2 Å². The molecule has 0 bridgehead atoms. The Balaban J connectivity index is 0.00000192. The van der Waals surface area contributed by atoms with Crippen molar-refractivity contribution in [1.29, 1.82) is 0 Å². The summed E-state index contributed by atoms with van der Waals surface area (Å²) in [6.45, 7) is -1.00. The number of anilines is 1. The van der Waals surface area contributed by atoms with Gasteiger partial charge >= 0.3 is 6.61 Å². The minimum absolute atomic E-state index is 0. The van der Waals surface area contributed by atoms with Crippen LogP contribution >= 0.6 is 24.0 Å². The largest absolute Gasteiger partial charge is 0.484 e. The van der Waals surface area contributed by atoms with Crippen molar-refractivity contribution in [2.24, 2.45) is 0 Å². The van der Waals surface area contributed by atoms with Crippen molar-refractivity contribution in [2.75, 3.05) is 31.1 Å². The summed E-state index contributed by atoms with van der Waals surface area (Å²) in [6, 6.07) is 2.54. The molecule has 2 atom stereocenters. The third-order valence-electron chi connectivity index (χ3n) is 3.88. The van der Waals surface area contributed by atoms with Gasteiger partial charge in [0.2, 0.25) is 0 Å². The lowest BCUT2D eigenvalue weighted by molar-refractivity contribution is -0.145. The van der Waals surface area contributed by atoms with E-state index < -0.39 is 18.5 Å². The highest BCUT2D eigenvalue weighted by Crippen LogP contribution is 2.41. The van der Waals surface area contributed by atoms with Crippen molar-refractivity contribution < 1.29 is 22.6 Å². The van der Waals surface area contributed by atoms with E-state index in [1.165, 1.54) is 6.07 Å². The van der Waals surface area contributed by atoms with E-state index in [0.29, 0.717) is 30.9 Å². The number of hydrogen-bond donors (Lipinski definition) is 1. The van der Waals surface area contributed by atoms with Crippen molar-refractivity contribution in [3.63, 3.8) is 0 Å². The fourth-order valence-corrected chi connectivity index (χ4v) is 3.21. The van der Waals surface area contributed by atoms with E-state index in [4.69, 9.17) is 16.3 Å². The van der Waals surface area contributed by atoms with E-state index in [0.717, 1.165) is 12.6 Å². The molecule has 130 valence electrons. The smallest absolute Gasteiger partial charge is 0.345 e. The van der Waals surface area contributed by atoms with Crippen molar-refractivity contribution in [3.8, 4) is 5.75 Å². The van der Waals surface area contributed by atoms with Crippen LogP contribution in [0.25, 0.3) is 0 Å². The average molecular weight is 373 g/mol. The standard InChI is InChI=1S/C14H16ClF3N2O2.ClH/c15-11-3-8(16)4-12-13(11)22-10(7-21-14(17)18)5-9-6-19-1-2-20(9)12;/h3-4,9-10,14,19H,1-2,5-7H2;1H/t9-,10+;/m1./s1. The maximum absolute atomic E-state index is 13.7. The predicted octanol–water partition coefficient (Wildman–Crippen LogP) is 3.07. The molecule has 4 nitrogen and oxygen atoms in total. The van der Waals surface area contributed by atoms with Crippen LogP contribution in [-0.2, 0) is 4.74 Å². The second-order valence-electron chi connectivity index (χ2n) is 5.36. The number of benzene rings is 1. The van der Waals surface area contributed by atoms with Gasteiger partial charge in [-0.1, -0.05) is 11.6 Å². The van der Waals surface area contributed by atoms with Crippen molar-refractivity contribution in [3.05, 3.63) is 23.0 Å². The molecule has 0 amide bonds. The molecule has 1 aromatic carbocycles. The predicted molar refractivity (Wildman–Crippen MR) is 83.7 cm³/mol. The highest BCUT2D eigenvalue weighted by Gasteiger charge is 2.34. The zero-order valence-electron chi connectivity index (χ0n) is 12.1. The molecule has 1 fully saturated rings. The number of rotatable bonds is 3. The number of piperazine rings is 1. The van der Waals surface area contributed by atoms with E-state index in [-0.39, 0.29) is 30.1 Å². The molecule has 23 heavy (non-hydrogen) atoms. The molecule has 0 aliphatic carbocycles. The molecule has 2 aliphatic rings. The molecule has 0 spiro atoms. The fraction of sp³-hybridized carbons (Fsp3) is 0.571. The van der Waals surface area contributed by atoms with Crippen LogP contribution in [0, 0.1) is 5.82 Å². The summed E-state index contributed by atoms with van der Waals surface area (Å²) in [5.41, 5.74) is 0.566. The number of alkyl halides is 2. The Kier molecular flexibility index (Phi) is 6.25. The highest BCUT2D eigenvalue weighted by molar-refractivity contribution is 6.32. The fourth-order valence-electron chi connectivity index (χ4n) is 2.97. The first kappa shape index (κ1) is 18.4. The number of hydrogen-bond acceptors (Lipinski definition) is 4. The van der Waals surface area contributed by atoms with Crippen LogP contribution in [0.2, 0.25) is 5.02 Å². The monoisotopic (exact) mass is 372 g/mol. The lowest BCUT2D eigenvalue weighted by Crippen LogP contribution is -2.52. The first-order chi connectivity index (χ1) is 10.5. The van der Waals surface area contributed by atoms with Crippen molar-refractivity contribution in [1.82, 2.24) is 5.32 Å². The second-order valence-corrected chi connectivity index (χ2v) is 5.76. The van der Waals surface area contributed by atoms with Crippen LogP contribution in [0.5, 0.6) is 5.75 Å². The van der Waals surface area contributed by atoms with Crippen LogP contribution in [0.4, 0.5) is 18.9 Å². The van der Waals surface area contributed by atoms with Gasteiger partial charge in [-0.25, -0.2) is 4.39 Å². The van der Waals surface area contributed by atoms with Crippen LogP contribution in [0.3, 0.4) is 0 Å². The SMILES string of the molecule is Cl.Fc1cc(Cl)c2c(c1)N1CCNC[C@H]1C[C@@H](COC(F)F)O2. The van der Waals surface area contributed by atoms with Gasteiger partial charge < -0.3 is 19.7 Å². The number of nitrogens with one attached hydrogen (secondary N) is 1. The Hall–Kier alpha value is -0.890. The summed E-state index contributed by atoms with van der Waals surface area (Å²) in [4.78, 5) is 2.02. The van der Waals surface area contributed by atoms with E-state index in [2.05, 4.69) is 10.1 Å². The lowest BCUT2D eigenvalue weighted by atomic mass is 10.1. The van der Waals surface area contributed by atoms with E-state index >= 15 is 0 Å². The summed E-state index contributed by atoms with van der Waals surface area (Å²) in [6.07, 6.45) is -0.0718. The molecule has 1 saturated heterocycles. The lowest BCUT2D eigenvalue weighted by Gasteiger charge is -2.37. The van der Waals surface area contributed by atoms with Gasteiger partial charge in [-0.2, -0.15) is 8.78 Å². The normalized spacial score (nSPS) is 23.4. The molecule has 0 radical (unpaired) electrons. The van der Waals surface area contributed by atoms with Crippen LogP contribution in [-0.4, -0.2) is 45.0 Å². The first-order valence-corrected chi connectivity index (χ1v) is 7.45. The van der Waals surface area contributed by atoms with Gasteiger partial charge in [0, 0.05) is 38.2 Å². The van der Waals surface area contributed by atoms with E-state index in [9.17, 15) is 13.2 Å². The molecule has 0 unspecified atom stereocenters. The zero-order chi connectivity index (χ0) is 15.7. The minimum atomic E-state index is -2.85. The molecule has 3 rings (SSSR count). The Morgan fingerprint density at radius 3 is 2.96 bits per heavy atom. The summed E-state index contributed by atoms with van der Waals surface area (Å²) in [7, 11) is 0. The molecule has 1 N–H and O–H groups in total. The maximum Gasteiger partial charge on any atom is 0.345 e. The highest BCUT2D eigenvalue weighted by atomic mass is 35.5. The van der Waals surface area contributed by atoms with Gasteiger partial charge in [0.15, 0.2) is 5.75 Å². The topological polar surface area (TPSA) is 33.7 Å². The van der Waals surface area contributed by atoms with Crippen LogP contribution < -0.4 is 15.0 Å². The Labute approximate surface area is 143 Å². The van der Waals surface area contributed by atoms with Gasteiger partial charge in [0.25, 0.3) is 0 Å². The Morgan fingerprint density at radius 1 is 1.43 bits per heavy atom. The molecule has 0 aromatic heterocycles. The van der Waals surface area contributed by atoms with E-state index in [1.807, 2.05) is 4.90 Å². The molecule has 2 heterocycles.